The molecule has 0 aliphatic rings. The second-order valence-electron chi connectivity index (χ2n) is 7.83. The molecule has 2 aromatic rings. The maximum absolute atomic E-state index is 13.9. The van der Waals surface area contributed by atoms with Crippen molar-refractivity contribution < 1.29 is 27.9 Å². The number of hydrogen-bond donors (Lipinski definition) is 2. The number of alkyl halides is 3. The minimum absolute atomic E-state index is 0.0754. The minimum Gasteiger partial charge on any atom is -0.478 e. The van der Waals surface area contributed by atoms with Gasteiger partial charge in [-0.05, 0) is 41.2 Å². The summed E-state index contributed by atoms with van der Waals surface area (Å²) in [5, 5.41) is 20.3. The number of amides is 1. The number of hydrogen-bond acceptors (Lipinski definition) is 4. The second-order valence-corrected chi connectivity index (χ2v) is 7.83. The van der Waals surface area contributed by atoms with Crippen LogP contribution >= 0.6 is 0 Å². The number of benzene rings is 2. The van der Waals surface area contributed by atoms with Crippen LogP contribution in [0, 0.1) is 17.4 Å². The standard InChI is InChI=1S/C23H24F3N3O3/c1-14(2)12-19(21(30)29(3)13-27)28-20(23(24,25)26)17-8-4-15(5-9-17)16-6-10-18(11-7-16)22(31)32/h4-11,14,19-20,28H,12H2,1-3H3,(H,31,32). The number of nitrogens with one attached hydrogen (secondary N) is 1. The molecule has 0 saturated carbocycles. The van der Waals surface area contributed by atoms with Crippen LogP contribution < -0.4 is 5.32 Å². The number of carbonyl (C=O) groups is 2. The zero-order chi connectivity index (χ0) is 24.1. The molecule has 0 radical (unpaired) electrons. The summed E-state index contributed by atoms with van der Waals surface area (Å²) in [5.74, 6) is -1.88. The summed E-state index contributed by atoms with van der Waals surface area (Å²) in [7, 11) is 1.21. The number of nitrogens with zero attached hydrogens (tertiary/aromatic N) is 2. The molecule has 2 N–H and O–H groups in total. The average molecular weight is 447 g/mol. The summed E-state index contributed by atoms with van der Waals surface area (Å²) in [4.78, 5) is 24.1. The topological polar surface area (TPSA) is 93.4 Å². The molecular formula is C23H24F3N3O3. The van der Waals surface area contributed by atoms with Gasteiger partial charge in [0.1, 0.15) is 6.04 Å². The second kappa shape index (κ2) is 10.3. The van der Waals surface area contributed by atoms with Gasteiger partial charge in [-0.25, -0.2) is 4.79 Å². The Morgan fingerprint density at radius 3 is 1.97 bits per heavy atom. The van der Waals surface area contributed by atoms with E-state index in [1.54, 1.807) is 32.2 Å². The molecule has 170 valence electrons. The van der Waals surface area contributed by atoms with Crippen molar-refractivity contribution in [3.63, 3.8) is 0 Å². The molecule has 9 heteroatoms. The normalized spacial score (nSPS) is 13.3. The van der Waals surface area contributed by atoms with Gasteiger partial charge in [0.15, 0.2) is 6.19 Å². The third-order valence-electron chi connectivity index (χ3n) is 4.89. The van der Waals surface area contributed by atoms with Crippen LogP contribution in [0.4, 0.5) is 13.2 Å². The molecular weight excluding hydrogens is 423 g/mol. The molecule has 2 aromatic carbocycles. The van der Waals surface area contributed by atoms with Gasteiger partial charge in [-0.2, -0.15) is 18.4 Å². The van der Waals surface area contributed by atoms with Crippen LogP contribution in [0.1, 0.15) is 42.2 Å². The molecule has 0 aromatic heterocycles. The Kier molecular flexibility index (Phi) is 8.00. The van der Waals surface area contributed by atoms with E-state index in [9.17, 15) is 22.8 Å². The summed E-state index contributed by atoms with van der Waals surface area (Å²) >= 11 is 0. The molecule has 2 unspecified atom stereocenters. The van der Waals surface area contributed by atoms with Crippen LogP contribution in [0.3, 0.4) is 0 Å². The van der Waals surface area contributed by atoms with Crippen LogP contribution in [-0.2, 0) is 4.79 Å². The smallest absolute Gasteiger partial charge is 0.407 e. The quantitative estimate of drug-likeness (QED) is 0.456. The summed E-state index contributed by atoms with van der Waals surface area (Å²) in [6, 6.07) is 8.34. The Balaban J connectivity index is 2.33. The Labute approximate surface area is 184 Å². The zero-order valence-electron chi connectivity index (χ0n) is 17.8. The maximum Gasteiger partial charge on any atom is 0.407 e. The number of carboxylic acids is 1. The number of nitriles is 1. The molecule has 2 rings (SSSR count). The van der Waals surface area contributed by atoms with Gasteiger partial charge in [-0.15, -0.1) is 0 Å². The first-order valence-electron chi connectivity index (χ1n) is 9.87. The predicted octanol–water partition coefficient (Wildman–Crippen LogP) is 4.60. The van der Waals surface area contributed by atoms with E-state index in [0.29, 0.717) is 11.1 Å². The molecule has 0 heterocycles. The van der Waals surface area contributed by atoms with Gasteiger partial charge in [0, 0.05) is 7.05 Å². The highest BCUT2D eigenvalue weighted by molar-refractivity contribution is 5.88. The van der Waals surface area contributed by atoms with Gasteiger partial charge >= 0.3 is 12.1 Å². The van der Waals surface area contributed by atoms with E-state index >= 15 is 0 Å². The summed E-state index contributed by atoms with van der Waals surface area (Å²) in [6.45, 7) is 3.56. The summed E-state index contributed by atoms with van der Waals surface area (Å²) in [6.07, 6.45) is -2.91. The molecule has 0 fully saturated rings. The highest BCUT2D eigenvalue weighted by Crippen LogP contribution is 2.34. The third kappa shape index (κ3) is 6.31. The van der Waals surface area contributed by atoms with Crippen molar-refractivity contribution in [1.29, 1.82) is 5.26 Å². The number of rotatable bonds is 8. The van der Waals surface area contributed by atoms with E-state index in [1.807, 2.05) is 0 Å². The average Bonchev–Trinajstić information content (AvgIpc) is 2.74. The van der Waals surface area contributed by atoms with E-state index in [-0.39, 0.29) is 23.5 Å². The molecule has 0 saturated heterocycles. The van der Waals surface area contributed by atoms with Crippen molar-refractivity contribution in [2.24, 2.45) is 5.92 Å². The number of aromatic carboxylic acids is 1. The van der Waals surface area contributed by atoms with E-state index in [0.717, 1.165) is 4.90 Å². The highest BCUT2D eigenvalue weighted by atomic mass is 19.4. The van der Waals surface area contributed by atoms with E-state index in [2.05, 4.69) is 5.32 Å². The molecule has 0 aliphatic carbocycles. The predicted molar refractivity (Wildman–Crippen MR) is 112 cm³/mol. The van der Waals surface area contributed by atoms with Gasteiger partial charge < -0.3 is 5.11 Å². The highest BCUT2D eigenvalue weighted by Gasteiger charge is 2.43. The van der Waals surface area contributed by atoms with Gasteiger partial charge in [0.05, 0.1) is 11.6 Å². The fourth-order valence-electron chi connectivity index (χ4n) is 3.25. The lowest BCUT2D eigenvalue weighted by molar-refractivity contribution is -0.162. The number of carbonyl (C=O) groups excluding carboxylic acids is 1. The van der Waals surface area contributed by atoms with Crippen molar-refractivity contribution >= 4 is 11.9 Å². The Hall–Kier alpha value is -3.38. The molecule has 6 nitrogen and oxygen atoms in total. The Morgan fingerprint density at radius 1 is 1.06 bits per heavy atom. The van der Waals surface area contributed by atoms with Gasteiger partial charge in [0.25, 0.3) is 5.91 Å². The molecule has 0 spiro atoms. The first-order chi connectivity index (χ1) is 14.9. The van der Waals surface area contributed by atoms with Crippen molar-refractivity contribution in [3.8, 4) is 17.3 Å². The SMILES string of the molecule is CC(C)CC(NC(c1ccc(-c2ccc(C(=O)O)cc2)cc1)C(F)(F)F)C(=O)N(C)C#N. The minimum atomic E-state index is -4.68. The number of carboxylic acid groups (broad SMARTS) is 1. The molecule has 32 heavy (non-hydrogen) atoms. The fourth-order valence-corrected chi connectivity index (χ4v) is 3.25. The molecule has 0 bridgehead atoms. The lowest BCUT2D eigenvalue weighted by Crippen LogP contribution is -2.49. The fraction of sp³-hybridized carbons (Fsp3) is 0.348. The zero-order valence-corrected chi connectivity index (χ0v) is 17.8. The third-order valence-corrected chi connectivity index (χ3v) is 4.89. The van der Waals surface area contributed by atoms with Crippen LogP contribution in [-0.4, -0.2) is 41.1 Å². The first-order valence-corrected chi connectivity index (χ1v) is 9.87. The van der Waals surface area contributed by atoms with Gasteiger partial charge in [0.2, 0.25) is 0 Å². The maximum atomic E-state index is 13.9. The monoisotopic (exact) mass is 447 g/mol. The molecule has 0 aliphatic heterocycles. The Morgan fingerprint density at radius 2 is 1.56 bits per heavy atom. The van der Waals surface area contributed by atoms with E-state index in [1.165, 1.54) is 43.4 Å². The molecule has 1 amide bonds. The number of halogens is 3. The lowest BCUT2D eigenvalue weighted by atomic mass is 9.97. The van der Waals surface area contributed by atoms with Crippen molar-refractivity contribution in [1.82, 2.24) is 10.2 Å². The van der Waals surface area contributed by atoms with E-state index < -0.39 is 30.1 Å². The van der Waals surface area contributed by atoms with Gasteiger partial charge in [-0.3, -0.25) is 15.0 Å². The largest absolute Gasteiger partial charge is 0.478 e. The van der Waals surface area contributed by atoms with Gasteiger partial charge in [-0.1, -0.05) is 50.2 Å². The summed E-state index contributed by atoms with van der Waals surface area (Å²) < 4.78 is 41.7. The van der Waals surface area contributed by atoms with Crippen LogP contribution in [0.2, 0.25) is 0 Å². The lowest BCUT2D eigenvalue weighted by Gasteiger charge is -2.29. The number of likely N-dealkylation sites (N-methyl/N-ethyl adjacent to an activating group) is 1. The summed E-state index contributed by atoms with van der Waals surface area (Å²) in [5.41, 5.74) is 1.30. The van der Waals surface area contributed by atoms with Crippen LogP contribution in [0.15, 0.2) is 48.5 Å². The first kappa shape index (κ1) is 24.9. The van der Waals surface area contributed by atoms with Crippen LogP contribution in [0.5, 0.6) is 0 Å². The van der Waals surface area contributed by atoms with Crippen molar-refractivity contribution in [2.75, 3.05) is 7.05 Å². The van der Waals surface area contributed by atoms with E-state index in [4.69, 9.17) is 10.4 Å². The van der Waals surface area contributed by atoms with Crippen molar-refractivity contribution in [2.45, 2.75) is 38.5 Å². The molecule has 2 atom stereocenters. The Bertz CT molecular complexity index is 981. The van der Waals surface area contributed by atoms with Crippen LogP contribution in [0.25, 0.3) is 11.1 Å². The van der Waals surface area contributed by atoms with Crippen molar-refractivity contribution in [3.05, 3.63) is 59.7 Å².